The number of anilines is 2. The van der Waals surface area contributed by atoms with Crippen LogP contribution in [0.4, 0.5) is 16.2 Å². The van der Waals surface area contributed by atoms with Gasteiger partial charge in [-0.1, -0.05) is 108 Å². The number of urea groups is 1. The summed E-state index contributed by atoms with van der Waals surface area (Å²) in [6.45, 7) is 4.21. The van der Waals surface area contributed by atoms with Gasteiger partial charge in [0, 0.05) is 30.6 Å². The van der Waals surface area contributed by atoms with Gasteiger partial charge in [0.2, 0.25) is 0 Å². The van der Waals surface area contributed by atoms with Gasteiger partial charge in [-0.3, -0.25) is 14.9 Å². The van der Waals surface area contributed by atoms with Gasteiger partial charge in [-0.05, 0) is 83.5 Å². The lowest BCUT2D eigenvalue weighted by atomic mass is 9.76. The summed E-state index contributed by atoms with van der Waals surface area (Å²) in [6.07, 6.45) is 3.28. The Balaban J connectivity index is 1.16. The fourth-order valence-electron chi connectivity index (χ4n) is 7.60. The number of barbiturate groups is 1. The molecule has 0 aliphatic carbocycles. The van der Waals surface area contributed by atoms with E-state index in [0.717, 1.165) is 53.1 Å². The number of benzene rings is 5. The molecule has 0 bridgehead atoms. The van der Waals surface area contributed by atoms with Crippen molar-refractivity contribution in [3.05, 3.63) is 165 Å². The van der Waals surface area contributed by atoms with Crippen LogP contribution in [0.25, 0.3) is 6.08 Å². The predicted molar refractivity (Wildman–Crippen MR) is 200 cm³/mol. The van der Waals surface area contributed by atoms with Gasteiger partial charge in [0.25, 0.3) is 11.8 Å². The number of rotatable bonds is 7. The van der Waals surface area contributed by atoms with Gasteiger partial charge >= 0.3 is 6.03 Å². The van der Waals surface area contributed by atoms with Crippen LogP contribution in [0.3, 0.4) is 0 Å². The highest BCUT2D eigenvalue weighted by molar-refractivity contribution is 6.39. The lowest BCUT2D eigenvalue weighted by molar-refractivity contribution is -0.122. The van der Waals surface area contributed by atoms with Gasteiger partial charge in [-0.15, -0.1) is 0 Å². The third-order valence-electron chi connectivity index (χ3n) is 10.1. The van der Waals surface area contributed by atoms with E-state index in [1.165, 1.54) is 22.9 Å². The molecule has 8 rings (SSSR count). The predicted octanol–water partition coefficient (Wildman–Crippen LogP) is 8.77. The number of imide groups is 2. The van der Waals surface area contributed by atoms with E-state index in [1.54, 1.807) is 18.2 Å². The highest BCUT2D eigenvalue weighted by Crippen LogP contribution is 2.50. The van der Waals surface area contributed by atoms with Crippen LogP contribution in [0.15, 0.2) is 121 Å². The van der Waals surface area contributed by atoms with Gasteiger partial charge < -0.3 is 9.64 Å². The van der Waals surface area contributed by atoms with E-state index in [0.29, 0.717) is 28.6 Å². The highest BCUT2D eigenvalue weighted by Gasteiger charge is 2.40. The Labute approximate surface area is 302 Å². The Morgan fingerprint density at radius 2 is 1.39 bits per heavy atom. The van der Waals surface area contributed by atoms with Gasteiger partial charge in [-0.2, -0.15) is 0 Å². The summed E-state index contributed by atoms with van der Waals surface area (Å²) in [7, 11) is 0. The third-order valence-corrected chi connectivity index (χ3v) is 10.4. The van der Waals surface area contributed by atoms with Crippen LogP contribution < -0.4 is 19.9 Å². The molecule has 3 aliphatic heterocycles. The topological polar surface area (TPSA) is 79.0 Å². The number of nitrogens with zero attached hydrogens (tertiary/aromatic N) is 2. The van der Waals surface area contributed by atoms with E-state index in [9.17, 15) is 14.4 Å². The zero-order valence-corrected chi connectivity index (χ0v) is 28.9. The molecule has 0 spiro atoms. The molecule has 0 saturated carbocycles. The largest absolute Gasteiger partial charge is 0.487 e. The summed E-state index contributed by atoms with van der Waals surface area (Å²) >= 11 is 6.60. The second-order valence-corrected chi connectivity index (χ2v) is 13.8. The van der Waals surface area contributed by atoms with Crippen LogP contribution in [0.2, 0.25) is 5.02 Å². The van der Waals surface area contributed by atoms with E-state index in [4.69, 9.17) is 16.3 Å². The normalized spacial score (nSPS) is 19.2. The van der Waals surface area contributed by atoms with E-state index in [2.05, 4.69) is 34.5 Å². The summed E-state index contributed by atoms with van der Waals surface area (Å²) in [6, 6.07) is 37.1. The number of ether oxygens (including phenoxy) is 1. The minimum atomic E-state index is -0.775. The Morgan fingerprint density at radius 1 is 0.784 bits per heavy atom. The van der Waals surface area contributed by atoms with Gasteiger partial charge in [-0.25, -0.2) is 9.69 Å². The van der Waals surface area contributed by atoms with Crippen LogP contribution in [0, 0.1) is 6.92 Å². The molecule has 0 radical (unpaired) electrons. The summed E-state index contributed by atoms with van der Waals surface area (Å²) in [5.74, 6) is -0.804. The molecule has 1 N–H and O–H groups in total. The standard InChI is InChI=1S/C43H36ClN3O4/c1-27-12-14-28(15-13-27)26-51-39-17-16-29(23-38(39)44)22-37-41(48)45-43(50)47(42(37)49)32-24-35-33(30-8-4-2-5-9-30)18-20-46-21-19-34(36(25-32)40(35)46)31-10-6-3-7-11-31/h2-17,22-25,33-34H,18-21,26H2,1H3,(H,45,48,50)/b37-22+/t33-,34-/m0/s1. The third kappa shape index (κ3) is 6.30. The van der Waals surface area contributed by atoms with Crippen molar-refractivity contribution in [1.29, 1.82) is 0 Å². The zero-order valence-electron chi connectivity index (χ0n) is 28.1. The molecule has 3 heterocycles. The lowest BCUT2D eigenvalue weighted by Crippen LogP contribution is -2.54. The molecule has 1 fully saturated rings. The van der Waals surface area contributed by atoms with Crippen molar-refractivity contribution in [2.45, 2.75) is 38.2 Å². The number of halogens is 1. The van der Waals surface area contributed by atoms with Gasteiger partial charge in [0.05, 0.1) is 10.7 Å². The van der Waals surface area contributed by atoms with Crippen molar-refractivity contribution in [3.63, 3.8) is 0 Å². The fourth-order valence-corrected chi connectivity index (χ4v) is 7.84. The molecule has 5 aromatic rings. The molecule has 51 heavy (non-hydrogen) atoms. The van der Waals surface area contributed by atoms with Crippen molar-refractivity contribution >= 4 is 46.9 Å². The summed E-state index contributed by atoms with van der Waals surface area (Å²) in [4.78, 5) is 44.6. The first-order chi connectivity index (χ1) is 24.8. The Bertz CT molecular complexity index is 2110. The Hall–Kier alpha value is -5.66. The molecule has 7 nitrogen and oxygen atoms in total. The molecule has 8 heteroatoms. The number of carbonyl (C=O) groups excluding carboxylic acids is 3. The van der Waals surface area contributed by atoms with Crippen molar-refractivity contribution in [3.8, 4) is 5.75 Å². The number of nitrogens with one attached hydrogen (secondary N) is 1. The SMILES string of the molecule is Cc1ccc(COc2ccc(/C=C3\C(=O)NC(=O)N(c4cc5c6c(c4)[C@H](c4ccccc4)CCN6CC[C@H]5c4ccccc4)C3=O)cc2Cl)cc1. The average Bonchev–Trinajstić information content (AvgIpc) is 3.14. The molecule has 4 amide bonds. The van der Waals surface area contributed by atoms with Crippen molar-refractivity contribution in [2.24, 2.45) is 0 Å². The van der Waals surface area contributed by atoms with Crippen LogP contribution in [0.5, 0.6) is 5.75 Å². The molecule has 1 saturated heterocycles. The molecular formula is C43H36ClN3O4. The molecule has 0 unspecified atom stereocenters. The number of aryl methyl sites for hydroxylation is 1. The highest BCUT2D eigenvalue weighted by atomic mass is 35.5. The smallest absolute Gasteiger partial charge is 0.335 e. The van der Waals surface area contributed by atoms with E-state index in [-0.39, 0.29) is 17.4 Å². The lowest BCUT2D eigenvalue weighted by Gasteiger charge is -2.44. The van der Waals surface area contributed by atoms with Crippen LogP contribution in [0.1, 0.15) is 63.6 Å². The van der Waals surface area contributed by atoms with E-state index >= 15 is 0 Å². The van der Waals surface area contributed by atoms with Crippen molar-refractivity contribution in [2.75, 3.05) is 22.9 Å². The first-order valence-electron chi connectivity index (χ1n) is 17.3. The maximum Gasteiger partial charge on any atom is 0.335 e. The number of amides is 4. The van der Waals surface area contributed by atoms with Gasteiger partial charge in [0.1, 0.15) is 17.9 Å². The Morgan fingerprint density at radius 3 is 1.98 bits per heavy atom. The van der Waals surface area contributed by atoms with Crippen LogP contribution in [-0.2, 0) is 16.2 Å². The Kier molecular flexibility index (Phi) is 8.66. The number of carbonyl (C=O) groups is 3. The molecule has 0 aromatic heterocycles. The molecule has 3 aliphatic rings. The summed E-state index contributed by atoms with van der Waals surface area (Å²) < 4.78 is 5.94. The average molecular weight is 694 g/mol. The van der Waals surface area contributed by atoms with Gasteiger partial charge in [0.15, 0.2) is 0 Å². The quantitative estimate of drug-likeness (QED) is 0.136. The fraction of sp³-hybridized carbons (Fsp3) is 0.186. The number of hydrogen-bond acceptors (Lipinski definition) is 5. The second-order valence-electron chi connectivity index (χ2n) is 13.4. The molecule has 5 aromatic carbocycles. The second kappa shape index (κ2) is 13.6. The molecule has 254 valence electrons. The van der Waals surface area contributed by atoms with E-state index < -0.39 is 17.8 Å². The minimum Gasteiger partial charge on any atom is -0.487 e. The monoisotopic (exact) mass is 693 g/mol. The minimum absolute atomic E-state index is 0.0826. The summed E-state index contributed by atoms with van der Waals surface area (Å²) in [5.41, 5.74) is 8.68. The summed E-state index contributed by atoms with van der Waals surface area (Å²) in [5, 5.41) is 2.75. The van der Waals surface area contributed by atoms with Crippen molar-refractivity contribution in [1.82, 2.24) is 5.32 Å². The number of hydrogen-bond donors (Lipinski definition) is 1. The maximum absolute atomic E-state index is 14.2. The first kappa shape index (κ1) is 32.5. The maximum atomic E-state index is 14.2. The van der Waals surface area contributed by atoms with Crippen molar-refractivity contribution < 1.29 is 19.1 Å². The van der Waals surface area contributed by atoms with E-state index in [1.807, 2.05) is 79.7 Å². The molecule has 2 atom stereocenters. The van der Waals surface area contributed by atoms with Crippen LogP contribution >= 0.6 is 11.6 Å². The zero-order chi connectivity index (χ0) is 35.1. The molecular weight excluding hydrogens is 658 g/mol. The first-order valence-corrected chi connectivity index (χ1v) is 17.6. The van der Waals surface area contributed by atoms with Crippen LogP contribution in [-0.4, -0.2) is 30.9 Å².